The summed E-state index contributed by atoms with van der Waals surface area (Å²) in [5.41, 5.74) is 3.91. The molecule has 49 heavy (non-hydrogen) atoms. The third-order valence-electron chi connectivity index (χ3n) is 7.78. The molecule has 0 saturated heterocycles. The number of para-hydroxylation sites is 1. The Morgan fingerprint density at radius 2 is 1.73 bits per heavy atom. The first-order valence-electron chi connectivity index (χ1n) is 16.2. The van der Waals surface area contributed by atoms with E-state index in [9.17, 15) is 9.59 Å². The Balaban J connectivity index is 1.60. The normalized spacial score (nSPS) is 14.2. The summed E-state index contributed by atoms with van der Waals surface area (Å²) in [5.74, 6) is 1.52. The molecule has 1 aromatic heterocycles. The highest BCUT2D eigenvalue weighted by Gasteiger charge is 2.36. The molecule has 0 fully saturated rings. The molecule has 1 aliphatic heterocycles. The van der Waals surface area contributed by atoms with Crippen molar-refractivity contribution in [2.75, 3.05) is 40.6 Å². The number of ether oxygens (including phenoxy) is 6. The van der Waals surface area contributed by atoms with Crippen LogP contribution in [0.5, 0.6) is 23.0 Å². The standard InChI is InChI=1S/C38H42N2O8S/c1-7-17-46-35-28(13-10-14-30(35)44-6)34-33(37(42)47-19-18-43-5)25(4)39-38-40(34)36(41)32(49-38)22-26-15-16-29(31(21-26)45-8-2)48-23-27-12-9-11-24(3)20-27/h9-16,20-22,34H,7-8,17-19,23H2,1-6H3/b32-22+/t34-/m0/s1. The van der Waals surface area contributed by atoms with Crippen LogP contribution in [0.2, 0.25) is 0 Å². The van der Waals surface area contributed by atoms with E-state index in [1.54, 1.807) is 26.2 Å². The molecule has 0 N–H and O–H groups in total. The highest BCUT2D eigenvalue weighted by atomic mass is 32.1. The maximum Gasteiger partial charge on any atom is 0.338 e. The summed E-state index contributed by atoms with van der Waals surface area (Å²) >= 11 is 1.24. The second kappa shape index (κ2) is 16.5. The lowest BCUT2D eigenvalue weighted by Gasteiger charge is -2.27. The quantitative estimate of drug-likeness (QED) is 0.119. The van der Waals surface area contributed by atoms with Gasteiger partial charge in [0.1, 0.15) is 19.3 Å². The molecule has 0 saturated carbocycles. The summed E-state index contributed by atoms with van der Waals surface area (Å²) in [5, 5.41) is 0. The smallest absolute Gasteiger partial charge is 0.338 e. The van der Waals surface area contributed by atoms with Gasteiger partial charge in [0.2, 0.25) is 0 Å². The van der Waals surface area contributed by atoms with E-state index < -0.39 is 12.0 Å². The van der Waals surface area contributed by atoms with Crippen LogP contribution in [0.1, 0.15) is 55.5 Å². The average Bonchev–Trinajstić information content (AvgIpc) is 3.39. The molecule has 10 nitrogen and oxygen atoms in total. The molecular formula is C38H42N2O8S. The van der Waals surface area contributed by atoms with E-state index in [-0.39, 0.29) is 24.3 Å². The first kappa shape index (κ1) is 35.4. The molecule has 258 valence electrons. The van der Waals surface area contributed by atoms with E-state index in [2.05, 4.69) is 6.07 Å². The van der Waals surface area contributed by atoms with Crippen LogP contribution >= 0.6 is 11.3 Å². The fourth-order valence-electron chi connectivity index (χ4n) is 5.56. The maximum atomic E-state index is 14.3. The molecule has 0 aliphatic carbocycles. The number of allylic oxidation sites excluding steroid dienone is 1. The van der Waals surface area contributed by atoms with Gasteiger partial charge in [-0.15, -0.1) is 0 Å². The molecule has 0 bridgehead atoms. The Kier molecular flexibility index (Phi) is 11.9. The lowest BCUT2D eigenvalue weighted by molar-refractivity contribution is -0.140. The number of aromatic nitrogens is 1. The van der Waals surface area contributed by atoms with E-state index in [4.69, 9.17) is 33.4 Å². The van der Waals surface area contributed by atoms with Gasteiger partial charge in [0, 0.05) is 12.7 Å². The number of carbonyl (C=O) groups excluding carboxylic acids is 1. The van der Waals surface area contributed by atoms with Crippen molar-refractivity contribution in [2.45, 2.75) is 46.8 Å². The minimum absolute atomic E-state index is 0.0490. The van der Waals surface area contributed by atoms with Gasteiger partial charge in [-0.05, 0) is 62.6 Å². The summed E-state index contributed by atoms with van der Waals surface area (Å²) in [6.45, 7) is 9.22. The van der Waals surface area contributed by atoms with Crippen molar-refractivity contribution in [3.63, 3.8) is 0 Å². The maximum absolute atomic E-state index is 14.3. The van der Waals surface area contributed by atoms with Crippen LogP contribution in [-0.4, -0.2) is 51.2 Å². The third-order valence-corrected chi connectivity index (χ3v) is 8.76. The highest BCUT2D eigenvalue weighted by molar-refractivity contribution is 7.07. The van der Waals surface area contributed by atoms with Crippen LogP contribution < -0.4 is 33.8 Å². The minimum Gasteiger partial charge on any atom is -0.493 e. The molecule has 0 unspecified atom stereocenters. The summed E-state index contributed by atoms with van der Waals surface area (Å²) < 4.78 is 36.5. The van der Waals surface area contributed by atoms with Gasteiger partial charge in [0.25, 0.3) is 5.56 Å². The van der Waals surface area contributed by atoms with Crippen LogP contribution in [0.25, 0.3) is 6.08 Å². The van der Waals surface area contributed by atoms with Gasteiger partial charge in [-0.2, -0.15) is 0 Å². The topological polar surface area (TPSA) is 107 Å². The number of hydrogen-bond acceptors (Lipinski definition) is 10. The van der Waals surface area contributed by atoms with E-state index in [1.807, 2.05) is 69.3 Å². The van der Waals surface area contributed by atoms with Gasteiger partial charge in [-0.3, -0.25) is 9.36 Å². The van der Waals surface area contributed by atoms with Gasteiger partial charge in [0.05, 0.1) is 42.7 Å². The number of benzene rings is 3. The molecule has 3 aromatic carbocycles. The third kappa shape index (κ3) is 8.06. The lowest BCUT2D eigenvalue weighted by atomic mass is 9.94. The SMILES string of the molecule is CCCOc1c(OC)cccc1[C@H]1C(C(=O)OCCOC)=C(C)N=c2s/c(=C/c3ccc(OCc4cccc(C)c4)c(OCC)c3)c(=O)n21. The fourth-order valence-corrected chi connectivity index (χ4v) is 6.60. The van der Waals surface area contributed by atoms with E-state index in [0.29, 0.717) is 63.4 Å². The van der Waals surface area contributed by atoms with Crippen LogP contribution in [0, 0.1) is 6.92 Å². The van der Waals surface area contributed by atoms with Crippen molar-refractivity contribution >= 4 is 23.4 Å². The number of carbonyl (C=O) groups is 1. The van der Waals surface area contributed by atoms with Gasteiger partial charge in [-0.25, -0.2) is 9.79 Å². The molecule has 5 rings (SSSR count). The Hall–Kier alpha value is -4.87. The summed E-state index contributed by atoms with van der Waals surface area (Å²) in [6, 6.07) is 18.3. The van der Waals surface area contributed by atoms with Crippen LogP contribution in [-0.2, 0) is 20.9 Å². The Morgan fingerprint density at radius 3 is 2.47 bits per heavy atom. The molecule has 0 radical (unpaired) electrons. The van der Waals surface area contributed by atoms with E-state index >= 15 is 0 Å². The minimum atomic E-state index is -0.883. The average molecular weight is 687 g/mol. The van der Waals surface area contributed by atoms with Gasteiger partial charge < -0.3 is 28.4 Å². The number of fused-ring (bicyclic) bond motifs is 1. The number of nitrogens with zero attached hydrogens (tertiary/aromatic N) is 2. The number of rotatable bonds is 15. The molecule has 1 atom stereocenters. The summed E-state index contributed by atoms with van der Waals surface area (Å²) in [7, 11) is 3.09. The predicted molar refractivity (Wildman–Crippen MR) is 189 cm³/mol. The fraction of sp³-hybridized carbons (Fsp3) is 0.342. The van der Waals surface area contributed by atoms with Crippen molar-refractivity contribution in [2.24, 2.45) is 4.99 Å². The number of esters is 1. The number of methoxy groups -OCH3 is 2. The zero-order valence-electron chi connectivity index (χ0n) is 28.7. The zero-order chi connectivity index (χ0) is 34.9. The van der Waals surface area contributed by atoms with Crippen molar-refractivity contribution in [3.8, 4) is 23.0 Å². The van der Waals surface area contributed by atoms with Crippen molar-refractivity contribution in [1.82, 2.24) is 4.57 Å². The largest absolute Gasteiger partial charge is 0.493 e. The Morgan fingerprint density at radius 1 is 0.918 bits per heavy atom. The molecule has 4 aromatic rings. The molecule has 0 spiro atoms. The second-order valence-corrected chi connectivity index (χ2v) is 12.4. The van der Waals surface area contributed by atoms with E-state index in [0.717, 1.165) is 23.1 Å². The predicted octanol–water partition coefficient (Wildman–Crippen LogP) is 5.51. The molecular weight excluding hydrogens is 644 g/mol. The summed E-state index contributed by atoms with van der Waals surface area (Å²) in [4.78, 5) is 33.2. The zero-order valence-corrected chi connectivity index (χ0v) is 29.6. The van der Waals surface area contributed by atoms with Gasteiger partial charge in [-0.1, -0.05) is 66.3 Å². The summed E-state index contributed by atoms with van der Waals surface area (Å²) in [6.07, 6.45) is 2.55. The Bertz CT molecular complexity index is 2010. The number of aryl methyl sites for hydroxylation is 1. The molecule has 0 amide bonds. The monoisotopic (exact) mass is 686 g/mol. The van der Waals surface area contributed by atoms with E-state index in [1.165, 1.54) is 23.0 Å². The molecule has 1 aliphatic rings. The van der Waals surface area contributed by atoms with Crippen molar-refractivity contribution in [1.29, 1.82) is 0 Å². The van der Waals surface area contributed by atoms with Crippen LogP contribution in [0.3, 0.4) is 0 Å². The van der Waals surface area contributed by atoms with Crippen molar-refractivity contribution in [3.05, 3.63) is 114 Å². The van der Waals surface area contributed by atoms with Crippen LogP contribution in [0.15, 0.2) is 81.7 Å². The highest BCUT2D eigenvalue weighted by Crippen LogP contribution is 2.41. The van der Waals surface area contributed by atoms with Crippen molar-refractivity contribution < 1.29 is 33.2 Å². The number of thiazole rings is 1. The van der Waals surface area contributed by atoms with Gasteiger partial charge in [0.15, 0.2) is 27.8 Å². The number of hydrogen-bond donors (Lipinski definition) is 0. The lowest BCUT2D eigenvalue weighted by Crippen LogP contribution is -2.40. The first-order chi connectivity index (χ1) is 23.8. The van der Waals surface area contributed by atoms with Gasteiger partial charge >= 0.3 is 5.97 Å². The molecule has 11 heteroatoms. The second-order valence-electron chi connectivity index (χ2n) is 11.4. The molecule has 2 heterocycles. The Labute approximate surface area is 289 Å². The van der Waals surface area contributed by atoms with Crippen LogP contribution in [0.4, 0.5) is 0 Å². The first-order valence-corrected chi connectivity index (χ1v) is 17.0.